The fourth-order valence-corrected chi connectivity index (χ4v) is 9.54. The minimum atomic E-state index is -2.16. The van der Waals surface area contributed by atoms with Crippen molar-refractivity contribution in [3.63, 3.8) is 0 Å². The molecule has 0 aromatic heterocycles. The number of amides is 3. The molecule has 6 N–H and O–H groups in total. The second kappa shape index (κ2) is 20.2. The van der Waals surface area contributed by atoms with Gasteiger partial charge in [-0.3, -0.25) is 28.8 Å². The molecule has 360 valence electrons. The summed E-state index contributed by atoms with van der Waals surface area (Å²) in [5, 5.41) is 41.1. The lowest BCUT2D eigenvalue weighted by Crippen LogP contribution is -2.36. The number of rotatable bonds is 9. The van der Waals surface area contributed by atoms with E-state index in [1.165, 1.54) is 48.5 Å². The Morgan fingerprint density at radius 1 is 0.443 bits per heavy atom. The third kappa shape index (κ3) is 9.96. The SMILES string of the molecule is Cc1ccc(C(=O)CC2(O)C(=O)Nc3c(Cl)ccc(Cl)c32)cc1.Cc1ccc(C(=O)CC2(O)C(=O)Nc3c(Cl)ccc(Cl)c32)cc1.Cc1ccc(C(=O)CC2(O)C(=O)Nc3c(Cl)ccc(Cl)c32)cc1F. The van der Waals surface area contributed by atoms with Crippen LogP contribution in [0.2, 0.25) is 30.1 Å². The molecule has 0 radical (unpaired) electrons. The van der Waals surface area contributed by atoms with E-state index in [9.17, 15) is 48.5 Å². The van der Waals surface area contributed by atoms with Gasteiger partial charge in [0.25, 0.3) is 17.7 Å². The summed E-state index contributed by atoms with van der Waals surface area (Å²) in [6.07, 6.45) is -1.39. The number of aryl methyl sites for hydroxylation is 3. The van der Waals surface area contributed by atoms with Crippen molar-refractivity contribution < 1.29 is 48.5 Å². The van der Waals surface area contributed by atoms with Gasteiger partial charge in [0.05, 0.1) is 51.4 Å². The molecule has 3 aliphatic rings. The number of fused-ring (bicyclic) bond motifs is 3. The first kappa shape index (κ1) is 52.1. The smallest absolute Gasteiger partial charge is 0.261 e. The number of ketones is 3. The van der Waals surface area contributed by atoms with Crippen molar-refractivity contribution in [3.05, 3.63) is 189 Å². The molecule has 9 rings (SSSR count). The third-order valence-corrected chi connectivity index (χ3v) is 13.8. The van der Waals surface area contributed by atoms with E-state index in [-0.39, 0.29) is 81.0 Å². The number of nitrogens with one attached hydrogen (secondary N) is 3. The molecule has 0 bridgehead atoms. The van der Waals surface area contributed by atoms with E-state index in [4.69, 9.17) is 69.6 Å². The monoisotopic (exact) mass is 1070 g/mol. The highest BCUT2D eigenvalue weighted by Crippen LogP contribution is 2.49. The van der Waals surface area contributed by atoms with Gasteiger partial charge in [0.1, 0.15) is 5.82 Å². The molecule has 0 spiro atoms. The zero-order chi connectivity index (χ0) is 51.2. The highest BCUT2D eigenvalue weighted by Gasteiger charge is 2.51. The number of carbonyl (C=O) groups is 6. The number of aliphatic hydroxyl groups is 3. The molecule has 3 heterocycles. The maximum absolute atomic E-state index is 13.6. The van der Waals surface area contributed by atoms with Crippen LogP contribution >= 0.6 is 69.6 Å². The van der Waals surface area contributed by atoms with E-state index in [0.29, 0.717) is 16.7 Å². The summed E-state index contributed by atoms with van der Waals surface area (Å²) in [7, 11) is 0. The van der Waals surface area contributed by atoms with Gasteiger partial charge in [0.2, 0.25) is 0 Å². The minimum Gasteiger partial charge on any atom is -0.375 e. The molecule has 19 heteroatoms. The number of halogens is 7. The predicted octanol–water partition coefficient (Wildman–Crippen LogP) is 11.3. The van der Waals surface area contributed by atoms with E-state index in [2.05, 4.69) is 16.0 Å². The van der Waals surface area contributed by atoms with Gasteiger partial charge in [-0.25, -0.2) is 4.39 Å². The van der Waals surface area contributed by atoms with Crippen molar-refractivity contribution in [3.8, 4) is 0 Å². The largest absolute Gasteiger partial charge is 0.375 e. The van der Waals surface area contributed by atoms with Crippen molar-refractivity contribution in [1.82, 2.24) is 0 Å². The fourth-order valence-electron chi connectivity index (χ4n) is 7.98. The van der Waals surface area contributed by atoms with Gasteiger partial charge in [-0.15, -0.1) is 0 Å². The van der Waals surface area contributed by atoms with Crippen molar-refractivity contribution in [2.75, 3.05) is 16.0 Å². The van der Waals surface area contributed by atoms with E-state index in [1.807, 2.05) is 13.8 Å². The molecule has 3 amide bonds. The molecule has 3 unspecified atom stereocenters. The summed E-state index contributed by atoms with van der Waals surface area (Å²) in [4.78, 5) is 74.1. The lowest BCUT2D eigenvalue weighted by molar-refractivity contribution is -0.133. The maximum Gasteiger partial charge on any atom is 0.261 e. The Morgan fingerprint density at radius 3 is 1.01 bits per heavy atom. The number of benzene rings is 6. The van der Waals surface area contributed by atoms with Gasteiger partial charge in [0, 0.05) is 48.4 Å². The van der Waals surface area contributed by atoms with Crippen LogP contribution in [0.3, 0.4) is 0 Å². The van der Waals surface area contributed by atoms with Crippen molar-refractivity contribution in [1.29, 1.82) is 0 Å². The van der Waals surface area contributed by atoms with E-state index < -0.39 is 65.4 Å². The lowest BCUT2D eigenvalue weighted by Gasteiger charge is -2.21. The lowest BCUT2D eigenvalue weighted by atomic mass is 9.88. The molecule has 0 fully saturated rings. The molecule has 0 aliphatic carbocycles. The zero-order valence-electron chi connectivity index (χ0n) is 36.9. The second-order valence-corrected chi connectivity index (χ2v) is 19.2. The second-order valence-electron chi connectivity index (χ2n) is 16.8. The Bertz CT molecular complexity index is 3050. The average molecular weight is 1070 g/mol. The molecular weight excluding hydrogens is 1030 g/mol. The Morgan fingerprint density at radius 2 is 0.714 bits per heavy atom. The Labute approximate surface area is 429 Å². The summed E-state index contributed by atoms with van der Waals surface area (Å²) in [5.74, 6) is -4.04. The Kier molecular flexibility index (Phi) is 15.0. The molecule has 3 atom stereocenters. The number of anilines is 3. The predicted molar refractivity (Wildman–Crippen MR) is 267 cm³/mol. The molecule has 6 aromatic carbocycles. The quantitative estimate of drug-likeness (QED) is 0.0763. The third-order valence-electron chi connectivity index (χ3n) is 11.9. The van der Waals surface area contributed by atoms with Gasteiger partial charge < -0.3 is 31.3 Å². The molecule has 70 heavy (non-hydrogen) atoms. The van der Waals surface area contributed by atoms with Crippen molar-refractivity contribution in [2.45, 2.75) is 56.8 Å². The van der Waals surface area contributed by atoms with Crippen LogP contribution in [0.15, 0.2) is 103 Å². The van der Waals surface area contributed by atoms with Crippen molar-refractivity contribution in [2.24, 2.45) is 0 Å². The highest BCUT2D eigenvalue weighted by molar-refractivity contribution is 6.40. The average Bonchev–Trinajstić information content (AvgIpc) is 3.85. The van der Waals surface area contributed by atoms with Gasteiger partial charge in [0.15, 0.2) is 34.2 Å². The molecule has 0 saturated carbocycles. The summed E-state index contributed by atoms with van der Waals surface area (Å²) < 4.78 is 13.6. The van der Waals surface area contributed by atoms with Gasteiger partial charge in [-0.1, -0.05) is 141 Å². The first-order valence-electron chi connectivity index (χ1n) is 21.0. The zero-order valence-corrected chi connectivity index (χ0v) is 41.4. The first-order valence-corrected chi connectivity index (χ1v) is 23.2. The van der Waals surface area contributed by atoms with Gasteiger partial charge >= 0.3 is 0 Å². The normalized spacial score (nSPS) is 19.3. The Hall–Kier alpha value is -5.71. The first-order chi connectivity index (χ1) is 32.9. The van der Waals surface area contributed by atoms with Gasteiger partial charge in [-0.2, -0.15) is 0 Å². The summed E-state index contributed by atoms with van der Waals surface area (Å²) in [6.45, 7) is 5.38. The van der Waals surface area contributed by atoms with E-state index in [1.54, 1.807) is 55.5 Å². The van der Waals surface area contributed by atoms with E-state index in [0.717, 1.165) is 17.2 Å². The summed E-state index contributed by atoms with van der Waals surface area (Å²) in [5.41, 5.74) is -1.85. The highest BCUT2D eigenvalue weighted by atomic mass is 35.5. The molecule has 6 aromatic rings. The standard InChI is InChI=1S/C17H12Cl2FNO3.2C17H13Cl2NO3/c1-8-2-3-9(6-12(8)20)13(22)7-17(24)14-10(18)4-5-11(19)15(14)21-16(17)23;2*1-9-2-4-10(5-3-9)13(21)8-17(23)14-11(18)6-7-12(19)15(14)20-16(17)22/h2-6,24H,7H2,1H3,(H,21,23);2*2-7,23H,8H2,1H3,(H,20,22). The van der Waals surface area contributed by atoms with Crippen LogP contribution in [0.1, 0.15) is 83.7 Å². The van der Waals surface area contributed by atoms with Crippen LogP contribution in [0.5, 0.6) is 0 Å². The van der Waals surface area contributed by atoms with Crippen LogP contribution in [0.4, 0.5) is 21.5 Å². The van der Waals surface area contributed by atoms with Gasteiger partial charge in [-0.05, 0) is 68.8 Å². The number of carbonyl (C=O) groups excluding carboxylic acids is 6. The Balaban J connectivity index is 0.000000155. The number of Topliss-reactive ketones (excluding diaryl/α,β-unsaturated/α-hetero) is 3. The summed E-state index contributed by atoms with van der Waals surface area (Å²) >= 11 is 36.4. The molecule has 3 aliphatic heterocycles. The number of hydrogen-bond donors (Lipinski definition) is 6. The molecular formula is C51H38Cl6FN3O9. The molecule has 12 nitrogen and oxygen atoms in total. The van der Waals surface area contributed by atoms with E-state index >= 15 is 0 Å². The van der Waals surface area contributed by atoms with Crippen LogP contribution in [0.25, 0.3) is 0 Å². The fraction of sp³-hybridized carbons (Fsp3) is 0.176. The summed E-state index contributed by atoms with van der Waals surface area (Å²) in [6, 6.07) is 26.7. The topological polar surface area (TPSA) is 199 Å². The van der Waals surface area contributed by atoms with Crippen LogP contribution < -0.4 is 16.0 Å². The number of hydrogen-bond acceptors (Lipinski definition) is 9. The van der Waals surface area contributed by atoms with Crippen LogP contribution in [-0.4, -0.2) is 50.4 Å². The maximum atomic E-state index is 13.6. The van der Waals surface area contributed by atoms with Crippen molar-refractivity contribution >= 4 is 122 Å². The molecule has 0 saturated heterocycles. The van der Waals surface area contributed by atoms with Crippen LogP contribution in [-0.2, 0) is 31.2 Å². The minimum absolute atomic E-state index is 0.0580. The van der Waals surface area contributed by atoms with Crippen LogP contribution in [0, 0.1) is 26.6 Å².